The van der Waals surface area contributed by atoms with Gasteiger partial charge in [0.15, 0.2) is 12.4 Å². The molecule has 0 saturated carbocycles. The van der Waals surface area contributed by atoms with Gasteiger partial charge in [-0.1, -0.05) is 6.92 Å². The van der Waals surface area contributed by atoms with Crippen molar-refractivity contribution in [2.45, 2.75) is 59.3 Å². The fourth-order valence-electron chi connectivity index (χ4n) is 2.51. The molecule has 2 atom stereocenters. The summed E-state index contributed by atoms with van der Waals surface area (Å²) in [4.78, 5) is 12.1. The molecule has 1 fully saturated rings. The molecule has 20 heavy (non-hydrogen) atoms. The number of carbonyl (C=O) groups is 1. The highest BCUT2D eigenvalue weighted by Gasteiger charge is 2.27. The number of esters is 1. The maximum Gasteiger partial charge on any atom is 0.309 e. The van der Waals surface area contributed by atoms with E-state index in [1.807, 2.05) is 18.4 Å². The highest BCUT2D eigenvalue weighted by molar-refractivity contribution is 5.72. The number of rotatable bonds is 5. The van der Waals surface area contributed by atoms with Crippen molar-refractivity contribution in [2.24, 2.45) is 5.92 Å². The van der Waals surface area contributed by atoms with Gasteiger partial charge in [-0.3, -0.25) is 4.79 Å². The molecule has 0 bridgehead atoms. The highest BCUT2D eigenvalue weighted by atomic mass is 16.5. The maximum absolute atomic E-state index is 12.1. The van der Waals surface area contributed by atoms with Gasteiger partial charge in [-0.2, -0.15) is 0 Å². The van der Waals surface area contributed by atoms with Crippen molar-refractivity contribution in [1.29, 1.82) is 0 Å². The summed E-state index contributed by atoms with van der Waals surface area (Å²) >= 11 is 0. The molecule has 6 nitrogen and oxygen atoms in total. The first-order valence-electron chi connectivity index (χ1n) is 7.28. The molecule has 6 heteroatoms. The summed E-state index contributed by atoms with van der Waals surface area (Å²) in [5.74, 6) is 1.38. The van der Waals surface area contributed by atoms with Gasteiger partial charge in [-0.25, -0.2) is 0 Å². The van der Waals surface area contributed by atoms with Crippen molar-refractivity contribution in [2.75, 3.05) is 6.61 Å². The van der Waals surface area contributed by atoms with Gasteiger partial charge in [0, 0.05) is 13.2 Å². The molecule has 0 N–H and O–H groups in total. The van der Waals surface area contributed by atoms with Crippen LogP contribution >= 0.6 is 0 Å². The number of aryl methyl sites for hydroxylation is 1. The Morgan fingerprint density at radius 1 is 1.50 bits per heavy atom. The number of aromatic nitrogens is 3. The van der Waals surface area contributed by atoms with Crippen LogP contribution in [-0.4, -0.2) is 33.4 Å². The van der Waals surface area contributed by atoms with Crippen LogP contribution in [-0.2, 0) is 27.4 Å². The first-order valence-corrected chi connectivity index (χ1v) is 7.28. The van der Waals surface area contributed by atoms with E-state index in [0.29, 0.717) is 6.61 Å². The molecule has 1 saturated heterocycles. The molecule has 1 aliphatic rings. The zero-order valence-electron chi connectivity index (χ0n) is 12.5. The van der Waals surface area contributed by atoms with Gasteiger partial charge in [0.25, 0.3) is 0 Å². The standard InChI is InChI=1S/C14H23N3O3/c1-4-6-17-11(3)15-16-13(17)9-20-14(18)12-5-7-19-10(2)8-12/h10,12H,4-9H2,1-3H3/t10-,12-/m1/s1. The SMILES string of the molecule is CCCn1c(C)nnc1COC(=O)[C@@H]1CCO[C@H](C)C1. The Morgan fingerprint density at radius 2 is 2.30 bits per heavy atom. The zero-order chi connectivity index (χ0) is 14.5. The topological polar surface area (TPSA) is 66.2 Å². The number of hydrogen-bond acceptors (Lipinski definition) is 5. The van der Waals surface area contributed by atoms with Crippen molar-refractivity contribution in [1.82, 2.24) is 14.8 Å². The fourth-order valence-corrected chi connectivity index (χ4v) is 2.51. The average Bonchev–Trinajstić information content (AvgIpc) is 2.78. The van der Waals surface area contributed by atoms with E-state index in [1.165, 1.54) is 0 Å². The minimum Gasteiger partial charge on any atom is -0.457 e. The smallest absolute Gasteiger partial charge is 0.309 e. The first-order chi connectivity index (χ1) is 9.61. The van der Waals surface area contributed by atoms with E-state index in [0.717, 1.165) is 37.5 Å². The molecule has 2 rings (SSSR count). The molecule has 2 heterocycles. The maximum atomic E-state index is 12.1. The number of carbonyl (C=O) groups excluding carboxylic acids is 1. The van der Waals surface area contributed by atoms with Crippen LogP contribution in [0.5, 0.6) is 0 Å². The lowest BCUT2D eigenvalue weighted by Gasteiger charge is -2.25. The molecule has 1 aromatic rings. The minimum atomic E-state index is -0.149. The quantitative estimate of drug-likeness (QED) is 0.771. The fraction of sp³-hybridized carbons (Fsp3) is 0.786. The van der Waals surface area contributed by atoms with E-state index in [-0.39, 0.29) is 24.6 Å². The molecule has 0 amide bonds. The van der Waals surface area contributed by atoms with Gasteiger partial charge in [0.1, 0.15) is 5.82 Å². The lowest BCUT2D eigenvalue weighted by atomic mass is 9.96. The van der Waals surface area contributed by atoms with Crippen molar-refractivity contribution in [3.8, 4) is 0 Å². The Hall–Kier alpha value is -1.43. The summed E-state index contributed by atoms with van der Waals surface area (Å²) in [6.45, 7) is 7.67. The molecular formula is C14H23N3O3. The van der Waals surface area contributed by atoms with Gasteiger partial charge in [0.05, 0.1) is 12.0 Å². The van der Waals surface area contributed by atoms with Gasteiger partial charge < -0.3 is 14.0 Å². The number of hydrogen-bond donors (Lipinski definition) is 0. The summed E-state index contributed by atoms with van der Waals surface area (Å²) in [6.07, 6.45) is 2.60. The summed E-state index contributed by atoms with van der Waals surface area (Å²) in [6, 6.07) is 0. The highest BCUT2D eigenvalue weighted by Crippen LogP contribution is 2.21. The minimum absolute atomic E-state index is 0.0533. The van der Waals surface area contributed by atoms with Gasteiger partial charge in [-0.15, -0.1) is 10.2 Å². The molecule has 1 aliphatic heterocycles. The van der Waals surface area contributed by atoms with Crippen molar-refractivity contribution < 1.29 is 14.3 Å². The van der Waals surface area contributed by atoms with Crippen molar-refractivity contribution in [3.05, 3.63) is 11.6 Å². The summed E-state index contributed by atoms with van der Waals surface area (Å²) in [5.41, 5.74) is 0. The Balaban J connectivity index is 1.90. The lowest BCUT2D eigenvalue weighted by Crippen LogP contribution is -2.29. The van der Waals surface area contributed by atoms with Gasteiger partial charge in [0.2, 0.25) is 0 Å². The van der Waals surface area contributed by atoms with Crippen LogP contribution in [0.4, 0.5) is 0 Å². The van der Waals surface area contributed by atoms with Crippen LogP contribution < -0.4 is 0 Å². The molecular weight excluding hydrogens is 258 g/mol. The molecule has 0 radical (unpaired) electrons. The van der Waals surface area contributed by atoms with E-state index in [1.54, 1.807) is 0 Å². The molecule has 112 valence electrons. The molecule has 1 aromatic heterocycles. The average molecular weight is 281 g/mol. The normalized spacial score (nSPS) is 22.8. The predicted octanol–water partition coefficient (Wildman–Crippen LogP) is 1.85. The lowest BCUT2D eigenvalue weighted by molar-refractivity contribution is -0.155. The van der Waals surface area contributed by atoms with Crippen LogP contribution in [0.15, 0.2) is 0 Å². The summed E-state index contributed by atoms with van der Waals surface area (Å²) < 4.78 is 12.8. The molecule has 0 unspecified atom stereocenters. The largest absolute Gasteiger partial charge is 0.457 e. The predicted molar refractivity (Wildman–Crippen MR) is 73.0 cm³/mol. The first kappa shape index (κ1) is 15.0. The molecule has 0 aromatic carbocycles. The van der Waals surface area contributed by atoms with Crippen molar-refractivity contribution >= 4 is 5.97 Å². The second-order valence-corrected chi connectivity index (χ2v) is 5.33. The zero-order valence-corrected chi connectivity index (χ0v) is 12.5. The van der Waals surface area contributed by atoms with Crippen LogP contribution in [0.1, 0.15) is 44.8 Å². The Morgan fingerprint density at radius 3 is 3.00 bits per heavy atom. The Kier molecular flexibility index (Phi) is 5.11. The second-order valence-electron chi connectivity index (χ2n) is 5.33. The summed E-state index contributed by atoms with van der Waals surface area (Å²) in [7, 11) is 0. The third-order valence-corrected chi connectivity index (χ3v) is 3.62. The van der Waals surface area contributed by atoms with Crippen LogP contribution in [0.25, 0.3) is 0 Å². The van der Waals surface area contributed by atoms with Crippen LogP contribution in [0.3, 0.4) is 0 Å². The third kappa shape index (κ3) is 3.56. The summed E-state index contributed by atoms with van der Waals surface area (Å²) in [5, 5.41) is 8.12. The van der Waals surface area contributed by atoms with Crippen LogP contribution in [0.2, 0.25) is 0 Å². The Bertz CT molecular complexity index is 459. The third-order valence-electron chi connectivity index (χ3n) is 3.62. The number of ether oxygens (including phenoxy) is 2. The van der Waals surface area contributed by atoms with E-state index < -0.39 is 0 Å². The van der Waals surface area contributed by atoms with E-state index >= 15 is 0 Å². The van der Waals surface area contributed by atoms with E-state index in [9.17, 15) is 4.79 Å². The van der Waals surface area contributed by atoms with E-state index in [2.05, 4.69) is 17.1 Å². The monoisotopic (exact) mass is 281 g/mol. The molecule has 0 spiro atoms. The Labute approximate surface area is 119 Å². The van der Waals surface area contributed by atoms with Gasteiger partial charge >= 0.3 is 5.97 Å². The second kappa shape index (κ2) is 6.83. The molecule has 0 aliphatic carbocycles. The van der Waals surface area contributed by atoms with E-state index in [4.69, 9.17) is 9.47 Å². The number of nitrogens with zero attached hydrogens (tertiary/aromatic N) is 3. The van der Waals surface area contributed by atoms with Crippen molar-refractivity contribution in [3.63, 3.8) is 0 Å². The van der Waals surface area contributed by atoms with Gasteiger partial charge in [-0.05, 0) is 33.1 Å². The van der Waals surface area contributed by atoms with Crippen LogP contribution in [0, 0.1) is 12.8 Å².